The normalized spacial score (nSPS) is 11.7. The van der Waals surface area contributed by atoms with E-state index in [2.05, 4.69) is 0 Å². The Morgan fingerprint density at radius 1 is 1.50 bits per heavy atom. The highest BCUT2D eigenvalue weighted by molar-refractivity contribution is 7.65. The van der Waals surface area contributed by atoms with Crippen molar-refractivity contribution < 1.29 is 14.6 Å². The van der Waals surface area contributed by atoms with Crippen LogP contribution >= 0.6 is 7.72 Å². The van der Waals surface area contributed by atoms with Gasteiger partial charge in [-0.05, 0) is 13.0 Å². The minimum Gasteiger partial charge on any atom is -0.330 e. The summed E-state index contributed by atoms with van der Waals surface area (Å²) in [5.74, 6) is -0.0923. The van der Waals surface area contributed by atoms with Crippen LogP contribution in [0.25, 0.3) is 0 Å². The SMILES string of the molecule is CCC(=O)C[P+](O)(O)CCCN. The maximum Gasteiger partial charge on any atom is 0.275 e. The molecule has 0 aromatic rings. The molecule has 5 heteroatoms. The van der Waals surface area contributed by atoms with Crippen LogP contribution in [-0.2, 0) is 4.79 Å². The Morgan fingerprint density at radius 3 is 2.50 bits per heavy atom. The lowest BCUT2D eigenvalue weighted by Crippen LogP contribution is -2.13. The van der Waals surface area contributed by atoms with E-state index in [0.29, 0.717) is 19.4 Å². The third kappa shape index (κ3) is 5.61. The van der Waals surface area contributed by atoms with Crippen LogP contribution in [0.5, 0.6) is 0 Å². The standard InChI is InChI=1S/C7H17NO3P/c1-2-7(9)6-12(10,11)5-3-4-8/h10-11H,2-6,8H2,1H3/q+1. The Hall–Kier alpha value is -0.0200. The number of rotatable bonds is 6. The molecule has 0 aromatic heterocycles. The third-order valence-corrected chi connectivity index (χ3v) is 3.44. The molecule has 0 spiro atoms. The second-order valence-electron chi connectivity index (χ2n) is 2.79. The van der Waals surface area contributed by atoms with Gasteiger partial charge in [-0.2, -0.15) is 0 Å². The van der Waals surface area contributed by atoms with Crippen molar-refractivity contribution in [3.8, 4) is 0 Å². The van der Waals surface area contributed by atoms with Crippen LogP contribution in [-0.4, -0.2) is 34.4 Å². The minimum atomic E-state index is -2.96. The second-order valence-corrected chi connectivity index (χ2v) is 5.32. The van der Waals surface area contributed by atoms with E-state index in [1.807, 2.05) is 0 Å². The van der Waals surface area contributed by atoms with Crippen LogP contribution in [0, 0.1) is 0 Å². The van der Waals surface area contributed by atoms with E-state index >= 15 is 0 Å². The fourth-order valence-corrected chi connectivity index (χ4v) is 2.45. The summed E-state index contributed by atoms with van der Waals surface area (Å²) in [5.41, 5.74) is 5.21. The average molecular weight is 194 g/mol. The molecule has 0 radical (unpaired) electrons. The van der Waals surface area contributed by atoms with Gasteiger partial charge < -0.3 is 5.73 Å². The van der Waals surface area contributed by atoms with E-state index in [-0.39, 0.29) is 18.1 Å². The highest BCUT2D eigenvalue weighted by Gasteiger charge is 2.34. The Kier molecular flexibility index (Phi) is 5.59. The maximum absolute atomic E-state index is 10.9. The molecule has 0 fully saturated rings. The first-order chi connectivity index (χ1) is 5.52. The second kappa shape index (κ2) is 5.60. The molecule has 4 N–H and O–H groups in total. The molecule has 12 heavy (non-hydrogen) atoms. The van der Waals surface area contributed by atoms with Crippen molar-refractivity contribution in [2.75, 3.05) is 18.9 Å². The molecule has 4 nitrogen and oxygen atoms in total. The summed E-state index contributed by atoms with van der Waals surface area (Å²) < 4.78 is 0. The molecule has 0 bridgehead atoms. The van der Waals surface area contributed by atoms with Gasteiger partial charge in [0.05, 0.1) is 0 Å². The van der Waals surface area contributed by atoms with Gasteiger partial charge in [0.1, 0.15) is 6.16 Å². The lowest BCUT2D eigenvalue weighted by Gasteiger charge is -2.10. The number of ketones is 1. The highest BCUT2D eigenvalue weighted by atomic mass is 31.2. The summed E-state index contributed by atoms with van der Waals surface area (Å²) in [6, 6.07) is 0. The van der Waals surface area contributed by atoms with E-state index in [0.717, 1.165) is 0 Å². The molecule has 0 aliphatic heterocycles. The van der Waals surface area contributed by atoms with Crippen LogP contribution in [0.15, 0.2) is 0 Å². The van der Waals surface area contributed by atoms with E-state index < -0.39 is 7.72 Å². The number of nitrogens with two attached hydrogens (primary N) is 1. The summed E-state index contributed by atoms with van der Waals surface area (Å²) >= 11 is 0. The number of hydrogen-bond donors (Lipinski definition) is 3. The van der Waals surface area contributed by atoms with Crippen LogP contribution in [0.1, 0.15) is 19.8 Å². The summed E-state index contributed by atoms with van der Waals surface area (Å²) in [6.45, 7) is 2.15. The van der Waals surface area contributed by atoms with Crippen LogP contribution in [0.2, 0.25) is 0 Å². The van der Waals surface area contributed by atoms with Crippen LogP contribution < -0.4 is 5.73 Å². The van der Waals surface area contributed by atoms with Gasteiger partial charge in [0.25, 0.3) is 7.72 Å². The van der Waals surface area contributed by atoms with Gasteiger partial charge in [0.2, 0.25) is 0 Å². The molecule has 0 aliphatic carbocycles. The van der Waals surface area contributed by atoms with Gasteiger partial charge in [-0.25, -0.2) is 9.79 Å². The first-order valence-corrected chi connectivity index (χ1v) is 6.12. The molecule has 0 atom stereocenters. The van der Waals surface area contributed by atoms with E-state index in [9.17, 15) is 14.6 Å². The third-order valence-electron chi connectivity index (χ3n) is 1.54. The van der Waals surface area contributed by atoms with Gasteiger partial charge in [-0.3, -0.25) is 4.79 Å². The predicted octanol–water partition coefficient (Wildman–Crippen LogP) is 0.146. The number of carbonyl (C=O) groups is 1. The minimum absolute atomic E-state index is 0.0799. The van der Waals surface area contributed by atoms with Crippen molar-refractivity contribution in [3.63, 3.8) is 0 Å². The highest BCUT2D eigenvalue weighted by Crippen LogP contribution is 2.50. The predicted molar refractivity (Wildman–Crippen MR) is 50.1 cm³/mol. The summed E-state index contributed by atoms with van der Waals surface area (Å²) in [5, 5.41) is 0. The van der Waals surface area contributed by atoms with Crippen molar-refractivity contribution >= 4 is 13.5 Å². The Morgan fingerprint density at radius 2 is 2.08 bits per heavy atom. The Labute approximate surface area is 73.3 Å². The molecule has 0 amide bonds. The van der Waals surface area contributed by atoms with Crippen LogP contribution in [0.4, 0.5) is 0 Å². The summed E-state index contributed by atoms with van der Waals surface area (Å²) in [4.78, 5) is 29.5. The first-order valence-electron chi connectivity index (χ1n) is 4.06. The maximum atomic E-state index is 10.9. The quantitative estimate of drug-likeness (QED) is 0.525. The lowest BCUT2D eigenvalue weighted by molar-refractivity contribution is -0.116. The van der Waals surface area contributed by atoms with Crippen molar-refractivity contribution in [1.82, 2.24) is 0 Å². The van der Waals surface area contributed by atoms with Gasteiger partial charge in [0.15, 0.2) is 11.9 Å². The number of hydrogen-bond acceptors (Lipinski definition) is 4. The topological polar surface area (TPSA) is 83.5 Å². The fraction of sp³-hybridized carbons (Fsp3) is 0.857. The van der Waals surface area contributed by atoms with Gasteiger partial charge in [0, 0.05) is 6.42 Å². The van der Waals surface area contributed by atoms with E-state index in [1.165, 1.54) is 0 Å². The van der Waals surface area contributed by atoms with Crippen molar-refractivity contribution in [1.29, 1.82) is 0 Å². The number of Topliss-reactive ketones (excluding diaryl/α,β-unsaturated/α-hetero) is 1. The average Bonchev–Trinajstić information content (AvgIpc) is 2.00. The van der Waals surface area contributed by atoms with Crippen molar-refractivity contribution in [2.45, 2.75) is 19.8 Å². The van der Waals surface area contributed by atoms with Gasteiger partial charge in [-0.15, -0.1) is 0 Å². The molecule has 0 saturated heterocycles. The molecular weight excluding hydrogens is 177 g/mol. The van der Waals surface area contributed by atoms with Crippen molar-refractivity contribution in [3.05, 3.63) is 0 Å². The molecule has 0 saturated carbocycles. The molecule has 72 valence electrons. The van der Waals surface area contributed by atoms with Gasteiger partial charge >= 0.3 is 0 Å². The lowest BCUT2D eigenvalue weighted by atomic mass is 10.4. The number of carbonyl (C=O) groups excluding carboxylic acids is 1. The van der Waals surface area contributed by atoms with E-state index in [1.54, 1.807) is 6.92 Å². The largest absolute Gasteiger partial charge is 0.330 e. The molecule has 0 rings (SSSR count). The summed E-state index contributed by atoms with van der Waals surface area (Å²) in [7, 11) is -2.96. The summed E-state index contributed by atoms with van der Waals surface area (Å²) in [6.07, 6.45) is 1.13. The zero-order chi connectivity index (χ0) is 9.61. The molecule has 0 aromatic carbocycles. The molecular formula is C7H17NO3P+. The van der Waals surface area contributed by atoms with Gasteiger partial charge in [-0.1, -0.05) is 6.92 Å². The Bertz CT molecular complexity index is 150. The first kappa shape index (κ1) is 12.0. The fourth-order valence-electron chi connectivity index (χ4n) is 0.818. The zero-order valence-electron chi connectivity index (χ0n) is 7.36. The molecule has 0 aliphatic rings. The smallest absolute Gasteiger partial charge is 0.275 e. The monoisotopic (exact) mass is 194 g/mol. The molecule has 0 heterocycles. The zero-order valence-corrected chi connectivity index (χ0v) is 8.26. The van der Waals surface area contributed by atoms with Crippen molar-refractivity contribution in [2.24, 2.45) is 5.73 Å². The van der Waals surface area contributed by atoms with Crippen LogP contribution in [0.3, 0.4) is 0 Å². The molecule has 0 unspecified atom stereocenters. The Balaban J connectivity index is 3.77. The van der Waals surface area contributed by atoms with E-state index in [4.69, 9.17) is 5.73 Å².